The van der Waals surface area contributed by atoms with Crippen LogP contribution in [-0.4, -0.2) is 155 Å². The van der Waals surface area contributed by atoms with Crippen molar-refractivity contribution >= 4 is 126 Å². The van der Waals surface area contributed by atoms with E-state index in [2.05, 4.69) is 67.1 Å². The Kier molecular flexibility index (Phi) is 29.6. The van der Waals surface area contributed by atoms with Crippen molar-refractivity contribution in [3.63, 3.8) is 0 Å². The molecule has 4 heterocycles. The molecule has 0 fully saturated rings. The molecule has 0 aliphatic carbocycles. The van der Waals surface area contributed by atoms with E-state index in [-0.39, 0.29) is 60.6 Å². The summed E-state index contributed by atoms with van der Waals surface area (Å²) in [5, 5.41) is 53.8. The SMILES string of the molecule is C=C(C)C(=O)OCCc1ccc(O)c(-n2nc3ccccc3n2)c1.C=C(C)C(=O)OCCc1ccc(OC(=O)C(C)(C)C(=O)O)c(-n2nc3ccccc3n2)c1.C=C(C)C(=O)OCCc1ccc(OC(=O)C(C)(C)C(=O)Oc2ccc(CCOC(=O)C(=C)C)cc2-n2nc3ccccc3n2)c(-n2nc3ccccc3n2)c1.CC(C)(C(=O)Cl)C(=O)Cl. The number of carbonyl (C=O) groups is 10. The van der Waals surface area contributed by atoms with E-state index >= 15 is 0 Å². The Labute approximate surface area is 697 Å². The zero-order valence-electron chi connectivity index (χ0n) is 67.1. The Morgan fingerprint density at radius 1 is 0.333 bits per heavy atom. The summed E-state index contributed by atoms with van der Waals surface area (Å²) >= 11 is 10.0. The van der Waals surface area contributed by atoms with E-state index in [0.29, 0.717) is 92.7 Å². The van der Waals surface area contributed by atoms with Gasteiger partial charge in [0.25, 0.3) is 0 Å². The molecule has 4 aromatic heterocycles. The molecule has 0 aliphatic heterocycles. The molecule has 0 saturated carbocycles. The highest BCUT2D eigenvalue weighted by molar-refractivity contribution is 6.74. The number of benzene rings is 8. The van der Waals surface area contributed by atoms with Gasteiger partial charge in [0.1, 0.15) is 78.0 Å². The number of rotatable bonds is 29. The van der Waals surface area contributed by atoms with Gasteiger partial charge >= 0.3 is 47.8 Å². The number of carboxylic acids is 1. The van der Waals surface area contributed by atoms with Crippen molar-refractivity contribution in [3.8, 4) is 45.7 Å². The summed E-state index contributed by atoms with van der Waals surface area (Å²) in [5.41, 5.74) is 6.28. The number of phenolic OH excluding ortho intramolecular Hbond substituents is 1. The quantitative estimate of drug-likeness (QED) is 0.0110. The van der Waals surface area contributed by atoms with Crippen LogP contribution in [0.3, 0.4) is 0 Å². The number of nitrogens with zero attached hydrogens (tertiary/aromatic N) is 12. The summed E-state index contributed by atoms with van der Waals surface area (Å²) in [5.74, 6) is -5.58. The largest absolute Gasteiger partial charge is 0.506 e. The Morgan fingerprint density at radius 3 is 0.767 bits per heavy atom. The number of esters is 7. The molecule has 8 aromatic carbocycles. The number of aliphatic carboxylic acids is 1. The summed E-state index contributed by atoms with van der Waals surface area (Å²) in [4.78, 5) is 125. The molecule has 12 aromatic rings. The lowest BCUT2D eigenvalue weighted by Gasteiger charge is -2.22. The zero-order chi connectivity index (χ0) is 87.5. The van der Waals surface area contributed by atoms with Crippen LogP contribution in [0.1, 0.15) is 91.5 Å². The Morgan fingerprint density at radius 2 is 0.550 bits per heavy atom. The first-order valence-corrected chi connectivity index (χ1v) is 37.7. The highest BCUT2D eigenvalue weighted by atomic mass is 35.5. The van der Waals surface area contributed by atoms with Crippen LogP contribution in [0, 0.1) is 16.2 Å². The van der Waals surface area contributed by atoms with E-state index < -0.39 is 74.5 Å². The number of ether oxygens (including phenoxy) is 7. The second-order valence-corrected chi connectivity index (χ2v) is 29.4. The van der Waals surface area contributed by atoms with Crippen LogP contribution in [0.25, 0.3) is 66.9 Å². The third kappa shape index (κ3) is 23.1. The molecule has 0 saturated heterocycles. The van der Waals surface area contributed by atoms with E-state index in [1.165, 1.54) is 66.8 Å². The molecule has 0 atom stereocenters. The molecule has 2 N–H and O–H groups in total. The van der Waals surface area contributed by atoms with Crippen LogP contribution in [0.4, 0.5) is 0 Å². The molecule has 31 nitrogen and oxygen atoms in total. The molecular formula is C87H84Cl2N12O19. The second-order valence-electron chi connectivity index (χ2n) is 28.7. The molecule has 0 unspecified atom stereocenters. The predicted octanol–water partition coefficient (Wildman–Crippen LogP) is 13.4. The molecule has 0 bridgehead atoms. The number of aromatic hydroxyl groups is 1. The summed E-state index contributed by atoms with van der Waals surface area (Å²) in [6, 6.07) is 49.3. The van der Waals surface area contributed by atoms with Crippen molar-refractivity contribution in [2.24, 2.45) is 16.2 Å². The van der Waals surface area contributed by atoms with E-state index in [4.69, 9.17) is 56.4 Å². The number of carboxylic acid groups (broad SMARTS) is 1. The maximum Gasteiger partial charge on any atom is 0.333 e. The first kappa shape index (κ1) is 89.7. The van der Waals surface area contributed by atoms with Gasteiger partial charge in [0.2, 0.25) is 10.5 Å². The molecule has 0 spiro atoms. The number of aromatic nitrogens is 12. The summed E-state index contributed by atoms with van der Waals surface area (Å²) in [6.45, 7) is 29.2. The minimum Gasteiger partial charge on any atom is -0.506 e. The average molecular weight is 1670 g/mol. The fourth-order valence-electron chi connectivity index (χ4n) is 10.1. The van der Waals surface area contributed by atoms with E-state index in [1.54, 1.807) is 131 Å². The van der Waals surface area contributed by atoms with Crippen LogP contribution >= 0.6 is 23.2 Å². The average Bonchev–Trinajstić information content (AvgIpc) is 1.58. The van der Waals surface area contributed by atoms with Gasteiger partial charge in [0, 0.05) is 48.0 Å². The molecule has 0 radical (unpaired) electrons. The van der Waals surface area contributed by atoms with E-state index in [0.717, 1.165) is 33.3 Å². The van der Waals surface area contributed by atoms with Gasteiger partial charge in [-0.2, -0.15) is 0 Å². The minimum absolute atomic E-state index is 0.0815. The van der Waals surface area contributed by atoms with Gasteiger partial charge in [-0.05, 0) is 212 Å². The fourth-order valence-corrected chi connectivity index (χ4v) is 10.3. The summed E-state index contributed by atoms with van der Waals surface area (Å²) < 4.78 is 38.0. The molecule has 120 heavy (non-hydrogen) atoms. The van der Waals surface area contributed by atoms with Gasteiger partial charge in [-0.3, -0.25) is 28.8 Å². The van der Waals surface area contributed by atoms with Gasteiger partial charge < -0.3 is 43.4 Å². The molecule has 12 rings (SSSR count). The maximum atomic E-state index is 13.8. The van der Waals surface area contributed by atoms with Crippen molar-refractivity contribution in [1.29, 1.82) is 0 Å². The van der Waals surface area contributed by atoms with Gasteiger partial charge in [-0.1, -0.05) is 99.1 Å². The van der Waals surface area contributed by atoms with Crippen LogP contribution < -0.4 is 14.2 Å². The smallest absolute Gasteiger partial charge is 0.333 e. The molecular weight excluding hydrogens is 1590 g/mol. The molecule has 0 aliphatic rings. The lowest BCUT2D eigenvalue weighted by molar-refractivity contribution is -0.161. The third-order valence-corrected chi connectivity index (χ3v) is 18.6. The highest BCUT2D eigenvalue weighted by Crippen LogP contribution is 2.34. The molecule has 620 valence electrons. The number of carbonyl (C=O) groups excluding carboxylic acids is 9. The van der Waals surface area contributed by atoms with Crippen LogP contribution in [0.15, 0.2) is 218 Å². The Balaban J connectivity index is 0.000000212. The maximum absolute atomic E-state index is 13.8. The van der Waals surface area contributed by atoms with Crippen molar-refractivity contribution in [3.05, 3.63) is 241 Å². The van der Waals surface area contributed by atoms with Crippen molar-refractivity contribution < 1.29 is 91.3 Å². The van der Waals surface area contributed by atoms with Gasteiger partial charge in [-0.15, -0.1) is 60.0 Å². The monoisotopic (exact) mass is 1670 g/mol. The standard InChI is InChI=1S/C41H38N6O8.C23H23N3O6.C18H17N3O3.C5H6Cl2O2/c1-25(2)37(48)52-21-19-27-15-17-35(33(23-27)46-42-29-11-7-8-12-30(29)43-46)54-39(50)41(5,6)40(51)55-36-18-16-28(20-22-53-38(49)26(3)4)24-34(36)47-44-31-13-9-10-14-32(31)45-47;1-14(2)20(27)31-12-11-15-9-10-19(32-22(30)23(3,4)21(28)29)18(13-15)26-24-16-7-5-6-8-17(16)25-26;1-12(2)18(23)24-10-9-13-7-8-17(22)16(11-13)21-19-14-5-3-4-6-15(14)20-21;1-5(2,3(6)8)4(7)9/h7-18,23-24H,1,3,19-22H2,2,4-6H3;5-10,13H,1,11-12H2,2-4H3,(H,28,29);3-8,11,22H,1,9-10H2,2H3;1-2H3. The van der Waals surface area contributed by atoms with Crippen LogP contribution in [-0.2, 0) is 92.6 Å². The Bertz CT molecular complexity index is 5680. The van der Waals surface area contributed by atoms with Gasteiger partial charge in [0.05, 0.1) is 26.4 Å². The lowest BCUT2D eigenvalue weighted by atomic mass is 9.94. The highest BCUT2D eigenvalue weighted by Gasteiger charge is 2.42. The zero-order valence-corrected chi connectivity index (χ0v) is 68.6. The van der Waals surface area contributed by atoms with Crippen LogP contribution in [0.5, 0.6) is 23.0 Å². The Hall–Kier alpha value is -14.2. The summed E-state index contributed by atoms with van der Waals surface area (Å²) in [6.07, 6.45) is 1.61. The number of fused-ring (bicyclic) bond motifs is 4. The van der Waals surface area contributed by atoms with Crippen LogP contribution in [0.2, 0.25) is 0 Å². The number of halogens is 2. The van der Waals surface area contributed by atoms with Crippen molar-refractivity contribution in [2.75, 3.05) is 26.4 Å². The fraction of sp³-hybridized carbons (Fsp3) is 0.241. The lowest BCUT2D eigenvalue weighted by Crippen LogP contribution is -2.40. The normalized spacial score (nSPS) is 11.1. The topological polar surface area (TPSA) is 399 Å². The van der Waals surface area contributed by atoms with Gasteiger partial charge in [-0.25, -0.2) is 19.2 Å². The van der Waals surface area contributed by atoms with Gasteiger partial charge in [0.15, 0.2) is 28.1 Å². The number of hydrogen-bond donors (Lipinski definition) is 2. The minimum atomic E-state index is -1.82. The second kappa shape index (κ2) is 39.6. The molecule has 0 amide bonds. The van der Waals surface area contributed by atoms with E-state index in [9.17, 15) is 58.2 Å². The first-order chi connectivity index (χ1) is 56.8. The van der Waals surface area contributed by atoms with Crippen molar-refractivity contribution in [2.45, 2.75) is 94.9 Å². The third-order valence-electron chi connectivity index (χ3n) is 17.7. The van der Waals surface area contributed by atoms with Crippen molar-refractivity contribution in [1.82, 2.24) is 60.0 Å². The molecule has 33 heteroatoms. The number of phenols is 1. The summed E-state index contributed by atoms with van der Waals surface area (Å²) in [7, 11) is 0. The first-order valence-electron chi connectivity index (χ1n) is 36.9. The predicted molar refractivity (Wildman–Crippen MR) is 443 cm³/mol. The van der Waals surface area contributed by atoms with E-state index in [1.807, 2.05) is 60.7 Å². The number of hydrogen-bond acceptors (Lipinski definition) is 26.